The quantitative estimate of drug-likeness (QED) is 0.913. The lowest BCUT2D eigenvalue weighted by Crippen LogP contribution is -2.46. The van der Waals surface area contributed by atoms with Crippen molar-refractivity contribution in [3.63, 3.8) is 0 Å². The van der Waals surface area contributed by atoms with E-state index in [0.29, 0.717) is 6.04 Å². The number of nitrogens with one attached hydrogen (secondary N) is 1. The Morgan fingerprint density at radius 2 is 2.22 bits per heavy atom. The van der Waals surface area contributed by atoms with E-state index < -0.39 is 0 Å². The number of thiophene rings is 1. The van der Waals surface area contributed by atoms with Gasteiger partial charge in [0.2, 0.25) is 0 Å². The second-order valence-corrected chi connectivity index (χ2v) is 7.15. The smallest absolute Gasteiger partial charge is 0.266 e. The SMILES string of the molecule is Cc1ccsc1CNCC1CCCCN1c1ccc(=O)n(C)n1. The maximum atomic E-state index is 11.5. The van der Waals surface area contributed by atoms with E-state index in [2.05, 4.69) is 33.7 Å². The largest absolute Gasteiger partial charge is 0.351 e. The van der Waals surface area contributed by atoms with Crippen molar-refractivity contribution in [2.45, 2.75) is 38.8 Å². The van der Waals surface area contributed by atoms with Crippen molar-refractivity contribution < 1.29 is 0 Å². The average Bonchev–Trinajstić information content (AvgIpc) is 2.96. The number of aromatic nitrogens is 2. The third-order valence-electron chi connectivity index (χ3n) is 4.50. The zero-order chi connectivity index (χ0) is 16.2. The third kappa shape index (κ3) is 3.82. The molecule has 2 aromatic rings. The predicted molar refractivity (Wildman–Crippen MR) is 95.2 cm³/mol. The van der Waals surface area contributed by atoms with Crippen molar-refractivity contribution >= 4 is 17.2 Å². The highest BCUT2D eigenvalue weighted by molar-refractivity contribution is 7.10. The molecule has 2 aromatic heterocycles. The lowest BCUT2D eigenvalue weighted by atomic mass is 10.0. The van der Waals surface area contributed by atoms with Crippen molar-refractivity contribution in [1.82, 2.24) is 15.1 Å². The lowest BCUT2D eigenvalue weighted by molar-refractivity contribution is 0.429. The van der Waals surface area contributed by atoms with Crippen LogP contribution in [0.5, 0.6) is 0 Å². The predicted octanol–water partition coefficient (Wildman–Crippen LogP) is 2.30. The molecule has 6 heteroatoms. The summed E-state index contributed by atoms with van der Waals surface area (Å²) in [6.07, 6.45) is 3.61. The van der Waals surface area contributed by atoms with E-state index in [1.807, 2.05) is 17.4 Å². The van der Waals surface area contributed by atoms with Crippen molar-refractivity contribution in [3.05, 3.63) is 44.4 Å². The Kier molecular flexibility index (Phi) is 5.13. The molecule has 1 aliphatic heterocycles. The van der Waals surface area contributed by atoms with E-state index in [1.54, 1.807) is 13.1 Å². The Hall–Kier alpha value is -1.66. The molecule has 124 valence electrons. The van der Waals surface area contributed by atoms with E-state index in [4.69, 9.17) is 0 Å². The van der Waals surface area contributed by atoms with Gasteiger partial charge in [-0.1, -0.05) is 0 Å². The van der Waals surface area contributed by atoms with Gasteiger partial charge in [-0.25, -0.2) is 4.68 Å². The molecule has 1 aliphatic rings. The van der Waals surface area contributed by atoms with Crippen LogP contribution in [0.4, 0.5) is 5.82 Å². The molecule has 0 radical (unpaired) electrons. The normalized spacial score (nSPS) is 18.3. The Morgan fingerprint density at radius 3 is 2.96 bits per heavy atom. The van der Waals surface area contributed by atoms with Gasteiger partial charge in [0.1, 0.15) is 5.82 Å². The summed E-state index contributed by atoms with van der Waals surface area (Å²) in [4.78, 5) is 15.3. The van der Waals surface area contributed by atoms with Gasteiger partial charge in [-0.2, -0.15) is 5.10 Å². The molecule has 1 N–H and O–H groups in total. The number of aryl methyl sites for hydroxylation is 2. The first-order chi connectivity index (χ1) is 11.1. The molecule has 1 unspecified atom stereocenters. The molecule has 1 fully saturated rings. The van der Waals surface area contributed by atoms with Gasteiger partial charge in [0, 0.05) is 43.7 Å². The summed E-state index contributed by atoms with van der Waals surface area (Å²) in [6.45, 7) is 5.04. The highest BCUT2D eigenvalue weighted by Gasteiger charge is 2.23. The highest BCUT2D eigenvalue weighted by atomic mass is 32.1. The zero-order valence-corrected chi connectivity index (χ0v) is 14.6. The molecule has 1 atom stereocenters. The van der Waals surface area contributed by atoms with Crippen LogP contribution >= 0.6 is 11.3 Å². The summed E-state index contributed by atoms with van der Waals surface area (Å²) in [6, 6.07) is 6.07. The summed E-state index contributed by atoms with van der Waals surface area (Å²) in [5, 5.41) is 10.2. The summed E-state index contributed by atoms with van der Waals surface area (Å²) in [7, 11) is 1.71. The van der Waals surface area contributed by atoms with E-state index in [9.17, 15) is 4.79 Å². The molecule has 1 saturated heterocycles. The minimum Gasteiger partial charge on any atom is -0.351 e. The minimum atomic E-state index is -0.0615. The van der Waals surface area contributed by atoms with Gasteiger partial charge in [-0.05, 0) is 49.3 Å². The summed E-state index contributed by atoms with van der Waals surface area (Å²) in [5.41, 5.74) is 1.30. The van der Waals surface area contributed by atoms with Gasteiger partial charge >= 0.3 is 0 Å². The fourth-order valence-corrected chi connectivity index (χ4v) is 3.97. The average molecular weight is 332 g/mol. The van der Waals surface area contributed by atoms with Crippen molar-refractivity contribution in [3.8, 4) is 0 Å². The van der Waals surface area contributed by atoms with Crippen LogP contribution in [-0.4, -0.2) is 28.9 Å². The minimum absolute atomic E-state index is 0.0615. The molecule has 0 aromatic carbocycles. The molecule has 0 bridgehead atoms. The molecule has 0 spiro atoms. The number of piperidine rings is 1. The Morgan fingerprint density at radius 1 is 1.35 bits per heavy atom. The first-order valence-electron chi connectivity index (χ1n) is 8.20. The van der Waals surface area contributed by atoms with Gasteiger partial charge in [0.05, 0.1) is 0 Å². The van der Waals surface area contributed by atoms with Crippen LogP contribution in [0.1, 0.15) is 29.7 Å². The van der Waals surface area contributed by atoms with Crippen LogP contribution in [0.15, 0.2) is 28.4 Å². The Labute approximate surface area is 140 Å². The zero-order valence-electron chi connectivity index (χ0n) is 13.8. The number of nitrogens with zero attached hydrogens (tertiary/aromatic N) is 3. The van der Waals surface area contributed by atoms with Crippen LogP contribution < -0.4 is 15.8 Å². The van der Waals surface area contributed by atoms with Crippen LogP contribution in [0, 0.1) is 6.92 Å². The second kappa shape index (κ2) is 7.27. The fourth-order valence-electron chi connectivity index (χ4n) is 3.10. The fraction of sp³-hybridized carbons (Fsp3) is 0.529. The molecule has 0 aliphatic carbocycles. The standard InChI is InChI=1S/C17H24N4OS/c1-13-8-10-23-15(13)12-18-11-14-5-3-4-9-21(14)16-6-7-17(22)20(2)19-16/h6-8,10,14,18H,3-5,9,11-12H2,1-2H3. The summed E-state index contributed by atoms with van der Waals surface area (Å²) >= 11 is 1.81. The molecule has 0 amide bonds. The molecule has 0 saturated carbocycles. The third-order valence-corrected chi connectivity index (χ3v) is 5.52. The molecule has 5 nitrogen and oxygen atoms in total. The maximum Gasteiger partial charge on any atom is 0.266 e. The number of rotatable bonds is 5. The van der Waals surface area contributed by atoms with Crippen LogP contribution in [0.3, 0.4) is 0 Å². The molecule has 3 rings (SSSR count). The van der Waals surface area contributed by atoms with E-state index in [-0.39, 0.29) is 5.56 Å². The van der Waals surface area contributed by atoms with Crippen molar-refractivity contribution in [2.24, 2.45) is 7.05 Å². The van der Waals surface area contributed by atoms with E-state index >= 15 is 0 Å². The monoisotopic (exact) mass is 332 g/mol. The van der Waals surface area contributed by atoms with Gasteiger partial charge in [0.15, 0.2) is 0 Å². The maximum absolute atomic E-state index is 11.5. The first-order valence-corrected chi connectivity index (χ1v) is 9.08. The van der Waals surface area contributed by atoms with Crippen LogP contribution in [0.25, 0.3) is 0 Å². The van der Waals surface area contributed by atoms with Gasteiger partial charge in [-0.15, -0.1) is 11.3 Å². The molecule has 3 heterocycles. The van der Waals surface area contributed by atoms with Gasteiger partial charge in [-0.3, -0.25) is 4.79 Å². The van der Waals surface area contributed by atoms with Crippen LogP contribution in [-0.2, 0) is 13.6 Å². The molecular weight excluding hydrogens is 308 g/mol. The van der Waals surface area contributed by atoms with Crippen molar-refractivity contribution in [2.75, 3.05) is 18.0 Å². The number of hydrogen-bond donors (Lipinski definition) is 1. The Bertz CT molecular complexity index is 709. The second-order valence-electron chi connectivity index (χ2n) is 6.15. The van der Waals surface area contributed by atoms with E-state index in [1.165, 1.54) is 34.4 Å². The first kappa shape index (κ1) is 16.2. The molecule has 23 heavy (non-hydrogen) atoms. The summed E-state index contributed by atoms with van der Waals surface area (Å²) in [5.74, 6) is 0.908. The number of anilines is 1. The van der Waals surface area contributed by atoms with Crippen molar-refractivity contribution in [1.29, 1.82) is 0 Å². The summed E-state index contributed by atoms with van der Waals surface area (Å²) < 4.78 is 1.42. The van der Waals surface area contributed by atoms with Crippen LogP contribution in [0.2, 0.25) is 0 Å². The highest BCUT2D eigenvalue weighted by Crippen LogP contribution is 2.22. The topological polar surface area (TPSA) is 50.2 Å². The number of hydrogen-bond acceptors (Lipinski definition) is 5. The van der Waals surface area contributed by atoms with E-state index in [0.717, 1.165) is 25.5 Å². The van der Waals surface area contributed by atoms with Gasteiger partial charge in [0.25, 0.3) is 5.56 Å². The Balaban J connectivity index is 1.65. The molecular formula is C17H24N4OS. The van der Waals surface area contributed by atoms with Gasteiger partial charge < -0.3 is 10.2 Å². The lowest BCUT2D eigenvalue weighted by Gasteiger charge is -2.36.